The predicted octanol–water partition coefficient (Wildman–Crippen LogP) is 3.25. The van der Waals surface area contributed by atoms with E-state index in [2.05, 4.69) is 15.5 Å². The molecule has 3 rings (SSSR count). The number of Topliss-reactive ketones (excluding diaryl/α,β-unsaturated/α-hetero) is 1. The van der Waals surface area contributed by atoms with E-state index in [1.165, 1.54) is 13.1 Å². The Kier molecular flexibility index (Phi) is 3.80. The van der Waals surface area contributed by atoms with Crippen molar-refractivity contribution in [2.24, 2.45) is 0 Å². The van der Waals surface area contributed by atoms with Gasteiger partial charge in [-0.1, -0.05) is 46.8 Å². The van der Waals surface area contributed by atoms with Gasteiger partial charge in [-0.25, -0.2) is 4.98 Å². The SMILES string of the molecule is CC(=O)c1cnc(NC(=O)c2cc(-c3ccccc3)no2)s1. The second-order valence-electron chi connectivity index (χ2n) is 4.48. The van der Waals surface area contributed by atoms with Crippen molar-refractivity contribution in [2.45, 2.75) is 6.92 Å². The highest BCUT2D eigenvalue weighted by molar-refractivity contribution is 7.17. The summed E-state index contributed by atoms with van der Waals surface area (Å²) in [7, 11) is 0. The van der Waals surface area contributed by atoms with Crippen molar-refractivity contribution in [3.8, 4) is 11.3 Å². The molecule has 1 aromatic carbocycles. The van der Waals surface area contributed by atoms with Crippen LogP contribution in [0.5, 0.6) is 0 Å². The maximum atomic E-state index is 12.1. The van der Waals surface area contributed by atoms with Gasteiger partial charge in [-0.05, 0) is 0 Å². The summed E-state index contributed by atoms with van der Waals surface area (Å²) >= 11 is 1.11. The number of carbonyl (C=O) groups is 2. The highest BCUT2D eigenvalue weighted by Crippen LogP contribution is 2.21. The van der Waals surface area contributed by atoms with E-state index in [1.807, 2.05) is 30.3 Å². The molecule has 7 heteroatoms. The minimum atomic E-state index is -0.459. The lowest BCUT2D eigenvalue weighted by atomic mass is 10.1. The second-order valence-corrected chi connectivity index (χ2v) is 5.51. The van der Waals surface area contributed by atoms with Gasteiger partial charge in [0, 0.05) is 18.6 Å². The molecule has 0 radical (unpaired) electrons. The Balaban J connectivity index is 1.75. The molecule has 0 aliphatic rings. The van der Waals surface area contributed by atoms with Crippen LogP contribution in [0.4, 0.5) is 5.13 Å². The summed E-state index contributed by atoms with van der Waals surface area (Å²) in [5.41, 5.74) is 1.44. The van der Waals surface area contributed by atoms with Crippen LogP contribution in [0.1, 0.15) is 27.2 Å². The second kappa shape index (κ2) is 5.90. The van der Waals surface area contributed by atoms with Crippen molar-refractivity contribution in [1.29, 1.82) is 0 Å². The summed E-state index contributed by atoms with van der Waals surface area (Å²) in [6.07, 6.45) is 1.43. The number of hydrogen-bond acceptors (Lipinski definition) is 6. The molecule has 0 fully saturated rings. The van der Waals surface area contributed by atoms with Crippen LogP contribution in [-0.2, 0) is 0 Å². The molecule has 110 valence electrons. The number of nitrogens with one attached hydrogen (secondary N) is 1. The first kappa shape index (κ1) is 14.2. The average molecular weight is 313 g/mol. The number of amides is 1. The average Bonchev–Trinajstić information content (AvgIpc) is 3.17. The van der Waals surface area contributed by atoms with Crippen LogP contribution in [0.15, 0.2) is 47.1 Å². The zero-order valence-corrected chi connectivity index (χ0v) is 12.4. The fraction of sp³-hybridized carbons (Fsp3) is 0.0667. The number of ketones is 1. The van der Waals surface area contributed by atoms with E-state index >= 15 is 0 Å². The summed E-state index contributed by atoms with van der Waals surface area (Å²) < 4.78 is 5.06. The molecule has 0 aliphatic heterocycles. The molecule has 0 saturated carbocycles. The van der Waals surface area contributed by atoms with E-state index in [-0.39, 0.29) is 11.5 Å². The summed E-state index contributed by atoms with van der Waals surface area (Å²) in [4.78, 5) is 27.7. The quantitative estimate of drug-likeness (QED) is 0.747. The van der Waals surface area contributed by atoms with Crippen molar-refractivity contribution >= 4 is 28.2 Å². The molecule has 22 heavy (non-hydrogen) atoms. The Labute approximate surface area is 129 Å². The van der Waals surface area contributed by atoms with Crippen LogP contribution in [0, 0.1) is 0 Å². The monoisotopic (exact) mass is 313 g/mol. The molecule has 0 saturated heterocycles. The van der Waals surface area contributed by atoms with Gasteiger partial charge in [-0.3, -0.25) is 14.9 Å². The minimum absolute atomic E-state index is 0.0819. The molecule has 2 aromatic heterocycles. The lowest BCUT2D eigenvalue weighted by molar-refractivity contribution is 0.0986. The number of rotatable bonds is 4. The molecule has 1 amide bonds. The lowest BCUT2D eigenvalue weighted by Gasteiger charge is -1.95. The number of benzene rings is 1. The van der Waals surface area contributed by atoms with Crippen molar-refractivity contribution in [3.05, 3.63) is 53.2 Å². The molecular weight excluding hydrogens is 302 g/mol. The summed E-state index contributed by atoms with van der Waals surface area (Å²) in [6, 6.07) is 11.0. The topological polar surface area (TPSA) is 85.1 Å². The Morgan fingerprint density at radius 2 is 2.00 bits per heavy atom. The fourth-order valence-corrected chi connectivity index (χ4v) is 2.49. The van der Waals surface area contributed by atoms with E-state index in [4.69, 9.17) is 4.52 Å². The molecule has 0 atom stereocenters. The van der Waals surface area contributed by atoms with Gasteiger partial charge in [0.1, 0.15) is 5.69 Å². The van der Waals surface area contributed by atoms with Crippen LogP contribution < -0.4 is 5.32 Å². The maximum Gasteiger partial charge on any atom is 0.296 e. The van der Waals surface area contributed by atoms with Gasteiger partial charge >= 0.3 is 0 Å². The van der Waals surface area contributed by atoms with E-state index < -0.39 is 5.91 Å². The summed E-state index contributed by atoms with van der Waals surface area (Å²) in [6.45, 7) is 1.45. The Morgan fingerprint density at radius 1 is 1.23 bits per heavy atom. The molecule has 6 nitrogen and oxygen atoms in total. The van der Waals surface area contributed by atoms with Crippen molar-refractivity contribution in [1.82, 2.24) is 10.1 Å². The first-order chi connectivity index (χ1) is 10.6. The zero-order valence-electron chi connectivity index (χ0n) is 11.6. The maximum absolute atomic E-state index is 12.1. The highest BCUT2D eigenvalue weighted by Gasteiger charge is 2.16. The van der Waals surface area contributed by atoms with Gasteiger partial charge in [0.15, 0.2) is 10.9 Å². The summed E-state index contributed by atoms with van der Waals surface area (Å²) in [5.74, 6) is -0.471. The number of thiazole rings is 1. The predicted molar refractivity (Wildman–Crippen MR) is 82.0 cm³/mol. The van der Waals surface area contributed by atoms with Gasteiger partial charge in [-0.15, -0.1) is 0 Å². The lowest BCUT2D eigenvalue weighted by Crippen LogP contribution is -2.10. The number of hydrogen-bond donors (Lipinski definition) is 1. The molecule has 0 unspecified atom stereocenters. The Hall–Kier alpha value is -2.80. The van der Waals surface area contributed by atoms with E-state index in [1.54, 1.807) is 6.07 Å². The first-order valence-electron chi connectivity index (χ1n) is 6.44. The van der Waals surface area contributed by atoms with Crippen LogP contribution >= 0.6 is 11.3 Å². The number of carbonyl (C=O) groups excluding carboxylic acids is 2. The highest BCUT2D eigenvalue weighted by atomic mass is 32.1. The standard InChI is InChI=1S/C15H11N3O3S/c1-9(19)13-8-16-15(22-13)17-14(20)12-7-11(18-21-12)10-5-3-2-4-6-10/h2-8H,1H3,(H,16,17,20). The summed E-state index contributed by atoms with van der Waals surface area (Å²) in [5, 5.41) is 6.80. The molecule has 2 heterocycles. The van der Waals surface area contributed by atoms with Crippen molar-refractivity contribution in [2.75, 3.05) is 5.32 Å². The normalized spacial score (nSPS) is 10.4. The molecule has 0 aliphatic carbocycles. The molecule has 0 spiro atoms. The Bertz CT molecular complexity index is 823. The third-order valence-corrected chi connectivity index (χ3v) is 3.89. The van der Waals surface area contributed by atoms with Gasteiger partial charge < -0.3 is 4.52 Å². The third kappa shape index (κ3) is 2.94. The zero-order chi connectivity index (χ0) is 15.5. The number of anilines is 1. The van der Waals surface area contributed by atoms with E-state index in [0.29, 0.717) is 15.7 Å². The van der Waals surface area contributed by atoms with E-state index in [0.717, 1.165) is 16.9 Å². The minimum Gasteiger partial charge on any atom is -0.350 e. The molecule has 1 N–H and O–H groups in total. The smallest absolute Gasteiger partial charge is 0.296 e. The third-order valence-electron chi connectivity index (χ3n) is 2.88. The van der Waals surface area contributed by atoms with E-state index in [9.17, 15) is 9.59 Å². The fourth-order valence-electron chi connectivity index (χ4n) is 1.78. The van der Waals surface area contributed by atoms with Gasteiger partial charge in [0.25, 0.3) is 5.91 Å². The molecule has 0 bridgehead atoms. The van der Waals surface area contributed by atoms with Gasteiger partial charge in [-0.2, -0.15) is 0 Å². The number of nitrogens with zero attached hydrogens (tertiary/aromatic N) is 2. The number of aromatic nitrogens is 2. The van der Waals surface area contributed by atoms with Gasteiger partial charge in [0.2, 0.25) is 5.76 Å². The molecular formula is C15H11N3O3S. The largest absolute Gasteiger partial charge is 0.350 e. The van der Waals surface area contributed by atoms with Crippen LogP contribution in [0.25, 0.3) is 11.3 Å². The van der Waals surface area contributed by atoms with Crippen molar-refractivity contribution < 1.29 is 14.1 Å². The van der Waals surface area contributed by atoms with Crippen LogP contribution in [0.2, 0.25) is 0 Å². The Morgan fingerprint density at radius 3 is 2.68 bits per heavy atom. The first-order valence-corrected chi connectivity index (χ1v) is 7.25. The van der Waals surface area contributed by atoms with Crippen LogP contribution in [-0.4, -0.2) is 21.8 Å². The van der Waals surface area contributed by atoms with Crippen molar-refractivity contribution in [3.63, 3.8) is 0 Å². The van der Waals surface area contributed by atoms with Gasteiger partial charge in [0.05, 0.1) is 11.1 Å². The van der Waals surface area contributed by atoms with Crippen LogP contribution in [0.3, 0.4) is 0 Å². The molecule has 3 aromatic rings.